The van der Waals surface area contributed by atoms with Crippen molar-refractivity contribution in [2.24, 2.45) is 28.6 Å². The lowest BCUT2D eigenvalue weighted by Crippen LogP contribution is -2.49. The topological polar surface area (TPSA) is 40.5 Å². The highest BCUT2D eigenvalue weighted by Gasteiger charge is 2.68. The van der Waals surface area contributed by atoms with Crippen LogP contribution in [-0.4, -0.2) is 22.4 Å². The Kier molecular flexibility index (Phi) is 2.30. The molecule has 0 radical (unpaired) electrons. The van der Waals surface area contributed by atoms with Crippen LogP contribution >= 0.6 is 0 Å². The lowest BCUT2D eigenvalue weighted by molar-refractivity contribution is -0.115. The van der Waals surface area contributed by atoms with Gasteiger partial charge in [0.2, 0.25) is 0 Å². The average molecular weight is 238 g/mol. The van der Waals surface area contributed by atoms with Crippen molar-refractivity contribution in [3.63, 3.8) is 0 Å². The molecule has 0 saturated heterocycles. The molecule has 17 heavy (non-hydrogen) atoms. The number of hydrogen-bond donors (Lipinski definition) is 2. The van der Waals surface area contributed by atoms with Crippen LogP contribution in [0.1, 0.15) is 52.9 Å². The summed E-state index contributed by atoms with van der Waals surface area (Å²) in [6.45, 7) is 7.00. The van der Waals surface area contributed by atoms with Crippen molar-refractivity contribution in [1.29, 1.82) is 0 Å². The first-order chi connectivity index (χ1) is 7.87. The largest absolute Gasteiger partial charge is 0.393 e. The summed E-state index contributed by atoms with van der Waals surface area (Å²) in [4.78, 5) is 0. The Balaban J connectivity index is 2.04. The van der Waals surface area contributed by atoms with Crippen molar-refractivity contribution in [1.82, 2.24) is 0 Å². The standard InChI is InChI=1S/C15H26O2/c1-10-4-5-11-13(2,3)12-8-14(10,11)6-7-15(12,17)9-16/h10-12,16-17H,4-9H2,1-3H3/t10-,11+,12+,14-,15+/m1/s1. The number of hydrogen-bond acceptors (Lipinski definition) is 2. The van der Waals surface area contributed by atoms with Crippen molar-refractivity contribution in [3.05, 3.63) is 0 Å². The van der Waals surface area contributed by atoms with Gasteiger partial charge in [-0.25, -0.2) is 0 Å². The van der Waals surface area contributed by atoms with E-state index in [9.17, 15) is 10.2 Å². The molecule has 5 atom stereocenters. The van der Waals surface area contributed by atoms with E-state index in [0.717, 1.165) is 31.1 Å². The van der Waals surface area contributed by atoms with Gasteiger partial charge in [-0.05, 0) is 60.7 Å². The third-order valence-electron chi connectivity index (χ3n) is 6.89. The molecule has 0 unspecified atom stereocenters. The highest BCUT2D eigenvalue weighted by Crippen LogP contribution is 2.73. The molecule has 0 heterocycles. The van der Waals surface area contributed by atoms with E-state index in [1.54, 1.807) is 0 Å². The zero-order valence-corrected chi connectivity index (χ0v) is 11.4. The van der Waals surface area contributed by atoms with Gasteiger partial charge in [0.05, 0.1) is 12.2 Å². The van der Waals surface area contributed by atoms with E-state index in [2.05, 4.69) is 20.8 Å². The summed E-state index contributed by atoms with van der Waals surface area (Å²) in [6.07, 6.45) is 5.75. The molecule has 0 aliphatic heterocycles. The van der Waals surface area contributed by atoms with Gasteiger partial charge in [0.1, 0.15) is 0 Å². The van der Waals surface area contributed by atoms with Gasteiger partial charge in [0.25, 0.3) is 0 Å². The molecule has 3 aliphatic rings. The fourth-order valence-corrected chi connectivity index (χ4v) is 5.90. The van der Waals surface area contributed by atoms with E-state index < -0.39 is 5.60 Å². The van der Waals surface area contributed by atoms with Gasteiger partial charge in [-0.2, -0.15) is 0 Å². The molecule has 0 aromatic rings. The molecular formula is C15H26O2. The van der Waals surface area contributed by atoms with Crippen LogP contribution in [0.5, 0.6) is 0 Å². The van der Waals surface area contributed by atoms with Crippen LogP contribution in [0.3, 0.4) is 0 Å². The SMILES string of the molecule is C[C@@H]1CC[C@H]2C(C)(C)[C@@H]3C[C@]12CC[C@]3(O)CO. The van der Waals surface area contributed by atoms with Gasteiger partial charge >= 0.3 is 0 Å². The highest BCUT2D eigenvalue weighted by molar-refractivity contribution is 5.17. The summed E-state index contributed by atoms with van der Waals surface area (Å²) in [7, 11) is 0. The van der Waals surface area contributed by atoms with E-state index >= 15 is 0 Å². The minimum absolute atomic E-state index is 0.0573. The Bertz CT molecular complexity index is 338. The minimum atomic E-state index is -0.807. The molecular weight excluding hydrogens is 212 g/mol. The Morgan fingerprint density at radius 3 is 2.47 bits per heavy atom. The monoisotopic (exact) mass is 238 g/mol. The molecule has 0 amide bonds. The summed E-state index contributed by atoms with van der Waals surface area (Å²) >= 11 is 0. The molecule has 1 spiro atoms. The number of aliphatic hydroxyl groups is 2. The van der Waals surface area contributed by atoms with Gasteiger partial charge in [0.15, 0.2) is 0 Å². The highest BCUT2D eigenvalue weighted by atomic mass is 16.3. The molecule has 2 heteroatoms. The van der Waals surface area contributed by atoms with Gasteiger partial charge in [-0.1, -0.05) is 20.8 Å². The van der Waals surface area contributed by atoms with Crippen molar-refractivity contribution in [2.45, 2.75) is 58.5 Å². The molecule has 2 nitrogen and oxygen atoms in total. The van der Waals surface area contributed by atoms with Crippen molar-refractivity contribution in [2.75, 3.05) is 6.61 Å². The lowest BCUT2D eigenvalue weighted by Gasteiger charge is -2.45. The lowest BCUT2D eigenvalue weighted by atomic mass is 9.64. The Labute approximate surface area is 104 Å². The summed E-state index contributed by atoms with van der Waals surface area (Å²) < 4.78 is 0. The molecule has 3 saturated carbocycles. The van der Waals surface area contributed by atoms with Gasteiger partial charge < -0.3 is 10.2 Å². The first-order valence-electron chi connectivity index (χ1n) is 7.20. The second-order valence-corrected chi connectivity index (χ2v) is 7.60. The van der Waals surface area contributed by atoms with E-state index in [-0.39, 0.29) is 12.0 Å². The molecule has 2 N–H and O–H groups in total. The first kappa shape index (κ1) is 12.0. The van der Waals surface area contributed by atoms with Crippen LogP contribution in [0.2, 0.25) is 0 Å². The Hall–Kier alpha value is -0.0800. The Morgan fingerprint density at radius 2 is 1.82 bits per heavy atom. The summed E-state index contributed by atoms with van der Waals surface area (Å²) in [5, 5.41) is 20.3. The quantitative estimate of drug-likeness (QED) is 0.737. The third kappa shape index (κ3) is 1.24. The van der Waals surface area contributed by atoms with E-state index in [1.807, 2.05) is 0 Å². The fourth-order valence-electron chi connectivity index (χ4n) is 5.90. The van der Waals surface area contributed by atoms with Crippen LogP contribution in [0.25, 0.3) is 0 Å². The van der Waals surface area contributed by atoms with Crippen molar-refractivity contribution >= 4 is 0 Å². The Morgan fingerprint density at radius 1 is 1.12 bits per heavy atom. The predicted molar refractivity (Wildman–Crippen MR) is 67.5 cm³/mol. The molecule has 3 aliphatic carbocycles. The van der Waals surface area contributed by atoms with Crippen LogP contribution < -0.4 is 0 Å². The zero-order chi connectivity index (χ0) is 12.5. The average Bonchev–Trinajstić information content (AvgIpc) is 2.70. The molecule has 0 aromatic carbocycles. The maximum Gasteiger partial charge on any atom is 0.0910 e. The third-order valence-corrected chi connectivity index (χ3v) is 6.89. The predicted octanol–water partition coefficient (Wildman–Crippen LogP) is 2.58. The second kappa shape index (κ2) is 3.27. The van der Waals surface area contributed by atoms with Crippen molar-refractivity contribution < 1.29 is 10.2 Å². The number of aliphatic hydroxyl groups excluding tert-OH is 1. The summed E-state index contributed by atoms with van der Waals surface area (Å²) in [5.41, 5.74) is -0.132. The van der Waals surface area contributed by atoms with E-state index in [4.69, 9.17) is 0 Å². The van der Waals surface area contributed by atoms with Gasteiger partial charge in [-0.15, -0.1) is 0 Å². The maximum atomic E-state index is 10.7. The first-order valence-corrected chi connectivity index (χ1v) is 7.20. The zero-order valence-electron chi connectivity index (χ0n) is 11.4. The van der Waals surface area contributed by atoms with Crippen LogP contribution in [0.15, 0.2) is 0 Å². The van der Waals surface area contributed by atoms with E-state index in [0.29, 0.717) is 11.3 Å². The van der Waals surface area contributed by atoms with Crippen molar-refractivity contribution in [3.8, 4) is 0 Å². The van der Waals surface area contributed by atoms with Gasteiger partial charge in [0, 0.05) is 0 Å². The molecule has 2 bridgehead atoms. The molecule has 3 fully saturated rings. The molecule has 3 rings (SSSR count). The van der Waals surface area contributed by atoms with Crippen LogP contribution in [0, 0.1) is 28.6 Å². The normalized spacial score (nSPS) is 55.9. The fraction of sp³-hybridized carbons (Fsp3) is 1.00. The van der Waals surface area contributed by atoms with Crippen LogP contribution in [-0.2, 0) is 0 Å². The summed E-state index contributed by atoms with van der Waals surface area (Å²) in [5.74, 6) is 1.86. The molecule has 0 aromatic heterocycles. The van der Waals surface area contributed by atoms with Gasteiger partial charge in [-0.3, -0.25) is 0 Å². The van der Waals surface area contributed by atoms with Crippen LogP contribution in [0.4, 0.5) is 0 Å². The number of fused-ring (bicyclic) bond motifs is 1. The number of rotatable bonds is 1. The minimum Gasteiger partial charge on any atom is -0.393 e. The van der Waals surface area contributed by atoms with E-state index in [1.165, 1.54) is 12.8 Å². The molecule has 98 valence electrons. The second-order valence-electron chi connectivity index (χ2n) is 7.60. The summed E-state index contributed by atoms with van der Waals surface area (Å²) in [6, 6.07) is 0. The smallest absolute Gasteiger partial charge is 0.0910 e. The maximum absolute atomic E-state index is 10.7.